The van der Waals surface area contributed by atoms with Crippen LogP contribution in [0.1, 0.15) is 53.7 Å². The summed E-state index contributed by atoms with van der Waals surface area (Å²) >= 11 is 0. The Bertz CT molecular complexity index is 1320. The van der Waals surface area contributed by atoms with Crippen LogP contribution in [0.15, 0.2) is 34.9 Å². The van der Waals surface area contributed by atoms with E-state index in [4.69, 9.17) is 14.0 Å². The number of nitrogens with zero attached hydrogens (tertiary/aromatic N) is 3. The molecule has 0 spiro atoms. The number of fused-ring (bicyclic) bond motifs is 1. The Morgan fingerprint density at radius 2 is 1.82 bits per heavy atom. The Kier molecular flexibility index (Phi) is 9.22. The van der Waals surface area contributed by atoms with Crippen LogP contribution in [0.3, 0.4) is 0 Å². The minimum Gasteiger partial charge on any atom is -0.497 e. The number of esters is 2. The summed E-state index contributed by atoms with van der Waals surface area (Å²) < 4.78 is 57.7. The molecule has 3 aromatic rings. The molecule has 0 aliphatic carbocycles. The third-order valence-corrected chi connectivity index (χ3v) is 6.41. The number of carbonyl (C=O) groups excluding carboxylic acids is 2. The van der Waals surface area contributed by atoms with Gasteiger partial charge >= 0.3 is 18.1 Å². The largest absolute Gasteiger partial charge is 0.497 e. The lowest BCUT2D eigenvalue weighted by Crippen LogP contribution is -2.28. The molecule has 0 radical (unpaired) electrons. The van der Waals surface area contributed by atoms with Crippen molar-refractivity contribution >= 4 is 17.8 Å². The normalized spacial score (nSPS) is 13.6. The minimum absolute atomic E-state index is 0.00330. The fourth-order valence-corrected chi connectivity index (χ4v) is 4.40. The van der Waals surface area contributed by atoms with Crippen LogP contribution in [0.2, 0.25) is 0 Å². The number of nitrogens with one attached hydrogen (secondary N) is 1. The highest BCUT2D eigenvalue weighted by atomic mass is 19.4. The van der Waals surface area contributed by atoms with Crippen LogP contribution in [0.4, 0.5) is 19.0 Å². The second-order valence-corrected chi connectivity index (χ2v) is 9.31. The smallest absolute Gasteiger partial charge is 0.491 e. The van der Waals surface area contributed by atoms with Crippen LogP contribution in [0.5, 0.6) is 11.5 Å². The molecule has 0 saturated heterocycles. The van der Waals surface area contributed by atoms with E-state index in [-0.39, 0.29) is 12.3 Å². The third-order valence-electron chi connectivity index (χ3n) is 6.41. The van der Waals surface area contributed by atoms with Crippen molar-refractivity contribution in [2.75, 3.05) is 26.1 Å². The molecule has 1 aliphatic heterocycles. The van der Waals surface area contributed by atoms with Crippen LogP contribution in [-0.2, 0) is 40.0 Å². The van der Waals surface area contributed by atoms with Gasteiger partial charge < -0.3 is 24.1 Å². The van der Waals surface area contributed by atoms with Gasteiger partial charge in [-0.25, -0.2) is 9.78 Å². The molecule has 3 heterocycles. The van der Waals surface area contributed by atoms with Gasteiger partial charge in [-0.2, -0.15) is 18.2 Å². The highest BCUT2D eigenvalue weighted by Crippen LogP contribution is 2.32. The van der Waals surface area contributed by atoms with Gasteiger partial charge in [0.25, 0.3) is 0 Å². The molecule has 4 rings (SSSR count). The number of methoxy groups -OCH3 is 2. The van der Waals surface area contributed by atoms with Gasteiger partial charge in [0.05, 0.1) is 20.6 Å². The van der Waals surface area contributed by atoms with Crippen molar-refractivity contribution in [2.45, 2.75) is 57.0 Å². The molecule has 2 aromatic heterocycles. The van der Waals surface area contributed by atoms with Gasteiger partial charge in [0.15, 0.2) is 5.82 Å². The van der Waals surface area contributed by atoms with E-state index < -0.39 is 30.5 Å². The van der Waals surface area contributed by atoms with E-state index in [9.17, 15) is 22.8 Å². The van der Waals surface area contributed by atoms with E-state index in [0.717, 1.165) is 30.9 Å². The Morgan fingerprint density at radius 3 is 2.52 bits per heavy atom. The first-order valence-electron chi connectivity index (χ1n) is 12.7. The molecule has 1 atom stereocenters. The van der Waals surface area contributed by atoms with Gasteiger partial charge in [-0.1, -0.05) is 11.2 Å². The number of pyridine rings is 1. The first kappa shape index (κ1) is 28.8. The van der Waals surface area contributed by atoms with Gasteiger partial charge in [0.2, 0.25) is 5.89 Å². The number of halogens is 3. The molecule has 1 aliphatic rings. The lowest BCUT2D eigenvalue weighted by molar-refractivity contribution is -0.202. The quantitative estimate of drug-likeness (QED) is 0.266. The van der Waals surface area contributed by atoms with Crippen LogP contribution >= 0.6 is 0 Å². The fourth-order valence-electron chi connectivity index (χ4n) is 4.40. The minimum atomic E-state index is -5.29. The van der Waals surface area contributed by atoms with Crippen molar-refractivity contribution < 1.29 is 41.5 Å². The number of aryl methyl sites for hydroxylation is 3. The zero-order chi connectivity index (χ0) is 28.7. The van der Waals surface area contributed by atoms with E-state index in [2.05, 4.69) is 31.2 Å². The van der Waals surface area contributed by atoms with Gasteiger partial charge in [-0.3, -0.25) is 4.79 Å². The third kappa shape index (κ3) is 7.70. The van der Waals surface area contributed by atoms with Crippen molar-refractivity contribution in [1.29, 1.82) is 0 Å². The highest BCUT2D eigenvalue weighted by Gasteiger charge is 2.42. The number of rotatable bonds is 11. The summed E-state index contributed by atoms with van der Waals surface area (Å²) in [5.41, 5.74) is 2.66. The van der Waals surface area contributed by atoms with Crippen LogP contribution in [0, 0.1) is 0 Å². The number of alkyl halides is 3. The summed E-state index contributed by atoms with van der Waals surface area (Å²) in [5.74, 6) is -2.35. The maximum absolute atomic E-state index is 12.6. The number of hydrogen-bond donors (Lipinski definition) is 1. The van der Waals surface area contributed by atoms with Gasteiger partial charge in [-0.15, -0.1) is 0 Å². The van der Waals surface area contributed by atoms with Crippen LogP contribution in [0.25, 0.3) is 0 Å². The van der Waals surface area contributed by atoms with Gasteiger partial charge in [0.1, 0.15) is 17.3 Å². The lowest BCUT2D eigenvalue weighted by Gasteiger charge is -2.17. The van der Waals surface area contributed by atoms with Gasteiger partial charge in [0, 0.05) is 37.1 Å². The van der Waals surface area contributed by atoms with Crippen LogP contribution in [-0.4, -0.2) is 54.0 Å². The van der Waals surface area contributed by atoms with E-state index in [0.29, 0.717) is 42.1 Å². The molecule has 13 heteroatoms. The van der Waals surface area contributed by atoms with Crippen LogP contribution < -0.4 is 14.8 Å². The number of hydrogen-bond acceptors (Lipinski definition) is 10. The molecule has 0 saturated carbocycles. The zero-order valence-corrected chi connectivity index (χ0v) is 22.0. The Morgan fingerprint density at radius 1 is 1.07 bits per heavy atom. The Hall–Kier alpha value is -4.16. The highest BCUT2D eigenvalue weighted by molar-refractivity contribution is 5.88. The first-order chi connectivity index (χ1) is 19.1. The standard InChI is InChI=1S/C27H29F3N4O6/c1-37-20-11-17(12-21(15-20)38-2)18(14-24(35)39-26(36)27(28,29)30)13-23-33-22(34-40-23)7-3-6-19-9-8-16-5-4-10-31-25(16)32-19/h8-9,11-12,15,18H,3-7,10,13-14H2,1-2H3,(H,31,32). The number of carbonyl (C=O) groups is 2. The van der Waals surface area contributed by atoms with Crippen molar-refractivity contribution in [3.63, 3.8) is 0 Å². The lowest BCUT2D eigenvalue weighted by atomic mass is 9.92. The molecule has 1 aromatic carbocycles. The molecule has 0 amide bonds. The molecule has 40 heavy (non-hydrogen) atoms. The average molecular weight is 563 g/mol. The van der Waals surface area contributed by atoms with E-state index in [1.54, 1.807) is 18.2 Å². The summed E-state index contributed by atoms with van der Waals surface area (Å²) in [6.07, 6.45) is -1.82. The zero-order valence-electron chi connectivity index (χ0n) is 22.0. The average Bonchev–Trinajstić information content (AvgIpc) is 3.38. The fraction of sp³-hybridized carbons (Fsp3) is 0.444. The molecule has 0 fully saturated rings. The second-order valence-electron chi connectivity index (χ2n) is 9.31. The molecule has 1 N–H and O–H groups in total. The SMILES string of the molecule is COc1cc(OC)cc(C(CC(=O)OC(=O)C(F)(F)F)Cc2nc(CCCc3ccc4c(n3)NCCC4)no2)c1. The van der Waals surface area contributed by atoms with E-state index >= 15 is 0 Å². The van der Waals surface area contributed by atoms with Crippen molar-refractivity contribution in [2.24, 2.45) is 0 Å². The number of anilines is 1. The molecule has 0 bridgehead atoms. The monoisotopic (exact) mass is 562 g/mol. The van der Waals surface area contributed by atoms with Crippen molar-refractivity contribution in [1.82, 2.24) is 15.1 Å². The van der Waals surface area contributed by atoms with Crippen molar-refractivity contribution in [3.8, 4) is 11.5 Å². The predicted molar refractivity (Wildman–Crippen MR) is 135 cm³/mol. The topological polar surface area (TPSA) is 126 Å². The summed E-state index contributed by atoms with van der Waals surface area (Å²) in [6, 6.07) is 8.91. The summed E-state index contributed by atoms with van der Waals surface area (Å²) in [6.45, 7) is 0.912. The second kappa shape index (κ2) is 12.8. The summed E-state index contributed by atoms with van der Waals surface area (Å²) in [5, 5.41) is 7.32. The maximum atomic E-state index is 12.6. The Labute approximate surface area is 228 Å². The summed E-state index contributed by atoms with van der Waals surface area (Å²) in [4.78, 5) is 32.5. The van der Waals surface area contributed by atoms with Gasteiger partial charge in [-0.05, 0) is 55.0 Å². The molecular formula is C27H29F3N4O6. The number of benzene rings is 1. The number of ether oxygens (including phenoxy) is 3. The predicted octanol–water partition coefficient (Wildman–Crippen LogP) is 4.36. The van der Waals surface area contributed by atoms with Crippen molar-refractivity contribution in [3.05, 3.63) is 58.9 Å². The Balaban J connectivity index is 1.43. The summed E-state index contributed by atoms with van der Waals surface area (Å²) in [7, 11) is 2.87. The first-order valence-corrected chi connectivity index (χ1v) is 12.7. The maximum Gasteiger partial charge on any atom is 0.491 e. The van der Waals surface area contributed by atoms with E-state index in [1.807, 2.05) is 6.07 Å². The molecular weight excluding hydrogens is 533 g/mol. The van der Waals surface area contributed by atoms with E-state index in [1.165, 1.54) is 19.8 Å². The molecule has 10 nitrogen and oxygen atoms in total. The molecule has 1 unspecified atom stereocenters. The number of aromatic nitrogens is 3. The molecule has 214 valence electrons.